The van der Waals surface area contributed by atoms with Crippen molar-refractivity contribution < 1.29 is 18.0 Å². The number of hydrogen-bond acceptors (Lipinski definition) is 4. The van der Waals surface area contributed by atoms with E-state index >= 15 is 0 Å². The molecule has 23 heavy (non-hydrogen) atoms. The van der Waals surface area contributed by atoms with E-state index < -0.39 is 10.0 Å². The average Bonchev–Trinajstić information content (AvgIpc) is 2.51. The van der Waals surface area contributed by atoms with E-state index in [1.54, 1.807) is 38.4 Å². The van der Waals surface area contributed by atoms with Gasteiger partial charge >= 0.3 is 0 Å². The van der Waals surface area contributed by atoms with Crippen molar-refractivity contribution >= 4 is 27.5 Å². The summed E-state index contributed by atoms with van der Waals surface area (Å²) in [5, 5.41) is 0. The van der Waals surface area contributed by atoms with Crippen molar-refractivity contribution in [2.45, 2.75) is 0 Å². The zero-order chi connectivity index (χ0) is 17.6. The van der Waals surface area contributed by atoms with E-state index in [1.165, 1.54) is 15.9 Å². The molecule has 0 unspecified atom stereocenters. The smallest absolute Gasteiger partial charge is 0.253 e. The Morgan fingerprint density at radius 1 is 1.22 bits per heavy atom. The molecule has 0 aliphatic rings. The maximum absolute atomic E-state index is 12.2. The first-order chi connectivity index (χ1) is 10.7. The minimum atomic E-state index is -3.27. The average molecular weight is 339 g/mol. The Balaban J connectivity index is 2.70. The van der Waals surface area contributed by atoms with Gasteiger partial charge in [-0.1, -0.05) is 6.58 Å². The molecule has 2 amide bonds. The van der Waals surface area contributed by atoms with Crippen LogP contribution in [0.3, 0.4) is 0 Å². The Bertz CT molecular complexity index is 683. The fourth-order valence-electron chi connectivity index (χ4n) is 1.81. The highest BCUT2D eigenvalue weighted by Crippen LogP contribution is 2.15. The summed E-state index contributed by atoms with van der Waals surface area (Å²) in [6.07, 6.45) is 2.27. The van der Waals surface area contributed by atoms with Crippen LogP contribution in [0, 0.1) is 0 Å². The highest BCUT2D eigenvalue weighted by molar-refractivity contribution is 7.88. The number of rotatable bonds is 7. The van der Waals surface area contributed by atoms with E-state index in [1.807, 2.05) is 0 Å². The summed E-state index contributed by atoms with van der Waals surface area (Å²) < 4.78 is 24.3. The van der Waals surface area contributed by atoms with Gasteiger partial charge in [0, 0.05) is 38.4 Å². The molecule has 0 aliphatic heterocycles. The number of amides is 2. The second-order valence-electron chi connectivity index (χ2n) is 5.04. The first kappa shape index (κ1) is 18.9. The number of hydrogen-bond donors (Lipinski definition) is 1. The van der Waals surface area contributed by atoms with E-state index in [4.69, 9.17) is 0 Å². The van der Waals surface area contributed by atoms with Crippen molar-refractivity contribution in [3.05, 3.63) is 42.5 Å². The van der Waals surface area contributed by atoms with Gasteiger partial charge in [-0.25, -0.2) is 13.1 Å². The van der Waals surface area contributed by atoms with Crippen LogP contribution in [0.25, 0.3) is 0 Å². The number of carbonyl (C=O) groups is 2. The van der Waals surface area contributed by atoms with Gasteiger partial charge < -0.3 is 9.80 Å². The highest BCUT2D eigenvalue weighted by Gasteiger charge is 2.13. The molecule has 0 saturated heterocycles. The van der Waals surface area contributed by atoms with E-state index in [-0.39, 0.29) is 24.9 Å². The fourth-order valence-corrected chi connectivity index (χ4v) is 2.27. The molecule has 0 spiro atoms. The third-order valence-electron chi connectivity index (χ3n) is 3.16. The third kappa shape index (κ3) is 5.84. The molecule has 0 aromatic heterocycles. The number of nitrogens with one attached hydrogen (secondary N) is 1. The number of benzene rings is 1. The lowest BCUT2D eigenvalue weighted by atomic mass is 10.1. The standard InChI is InChI=1S/C15H21N3O4S/c1-5-14(19)18(3)13-8-6-12(7-9-13)15(20)17(2)11-10-16-23(4,21)22/h5-9,16H,1,10-11H2,2-4H3. The van der Waals surface area contributed by atoms with Gasteiger partial charge in [0.05, 0.1) is 6.26 Å². The Morgan fingerprint density at radius 2 is 1.78 bits per heavy atom. The second-order valence-corrected chi connectivity index (χ2v) is 6.87. The Labute approximate surface area is 136 Å². The first-order valence-electron chi connectivity index (χ1n) is 6.86. The molecule has 126 valence electrons. The van der Waals surface area contributed by atoms with Crippen molar-refractivity contribution in [2.75, 3.05) is 38.3 Å². The SMILES string of the molecule is C=CC(=O)N(C)c1ccc(C(=O)N(C)CCNS(C)(=O)=O)cc1. The molecule has 0 aliphatic carbocycles. The van der Waals surface area contributed by atoms with Crippen LogP contribution >= 0.6 is 0 Å². The predicted octanol–water partition coefficient (Wildman–Crippen LogP) is 0.457. The molecular formula is C15H21N3O4S. The number of carbonyl (C=O) groups excluding carboxylic acids is 2. The first-order valence-corrected chi connectivity index (χ1v) is 8.75. The molecule has 0 heterocycles. The lowest BCUT2D eigenvalue weighted by Gasteiger charge is -2.19. The fraction of sp³-hybridized carbons (Fsp3) is 0.333. The quantitative estimate of drug-likeness (QED) is 0.731. The largest absolute Gasteiger partial charge is 0.340 e. The summed E-state index contributed by atoms with van der Waals surface area (Å²) in [6.45, 7) is 3.82. The van der Waals surface area contributed by atoms with Crippen LogP contribution in [0.1, 0.15) is 10.4 Å². The van der Waals surface area contributed by atoms with Crippen molar-refractivity contribution in [1.82, 2.24) is 9.62 Å². The minimum Gasteiger partial charge on any atom is -0.340 e. The number of likely N-dealkylation sites (N-methyl/N-ethyl adjacent to an activating group) is 2. The van der Waals surface area contributed by atoms with Crippen molar-refractivity contribution in [3.8, 4) is 0 Å². The summed E-state index contributed by atoms with van der Waals surface area (Å²) >= 11 is 0. The van der Waals surface area contributed by atoms with Gasteiger partial charge in [0.15, 0.2) is 0 Å². The number of sulfonamides is 1. The Hall–Kier alpha value is -2.19. The van der Waals surface area contributed by atoms with E-state index in [0.29, 0.717) is 11.3 Å². The Morgan fingerprint density at radius 3 is 2.26 bits per heavy atom. The van der Waals surface area contributed by atoms with Gasteiger partial charge in [0.2, 0.25) is 15.9 Å². The molecule has 7 nitrogen and oxygen atoms in total. The van der Waals surface area contributed by atoms with E-state index in [0.717, 1.165) is 6.26 Å². The topological polar surface area (TPSA) is 86.8 Å². The number of anilines is 1. The molecule has 1 rings (SSSR count). The van der Waals surface area contributed by atoms with Gasteiger partial charge in [0.25, 0.3) is 5.91 Å². The summed E-state index contributed by atoms with van der Waals surface area (Å²) in [5.41, 5.74) is 1.10. The lowest BCUT2D eigenvalue weighted by molar-refractivity contribution is -0.113. The molecule has 8 heteroatoms. The monoisotopic (exact) mass is 339 g/mol. The maximum Gasteiger partial charge on any atom is 0.253 e. The minimum absolute atomic E-state index is 0.149. The second kappa shape index (κ2) is 7.89. The normalized spacial score (nSPS) is 10.9. The van der Waals surface area contributed by atoms with Crippen LogP contribution in [0.15, 0.2) is 36.9 Å². The summed E-state index contributed by atoms with van der Waals surface area (Å²) in [5.74, 6) is -0.474. The van der Waals surface area contributed by atoms with E-state index in [2.05, 4.69) is 11.3 Å². The summed E-state index contributed by atoms with van der Waals surface area (Å²) in [4.78, 5) is 26.6. The summed E-state index contributed by atoms with van der Waals surface area (Å²) in [7, 11) is -0.0637. The maximum atomic E-state index is 12.2. The molecule has 0 radical (unpaired) electrons. The van der Waals surface area contributed by atoms with Gasteiger partial charge in [0.1, 0.15) is 0 Å². The molecule has 0 atom stereocenters. The van der Waals surface area contributed by atoms with Crippen molar-refractivity contribution in [3.63, 3.8) is 0 Å². The van der Waals surface area contributed by atoms with Crippen molar-refractivity contribution in [2.24, 2.45) is 0 Å². The van der Waals surface area contributed by atoms with Crippen LogP contribution in [0.2, 0.25) is 0 Å². The van der Waals surface area contributed by atoms with Gasteiger partial charge in [-0.15, -0.1) is 0 Å². The van der Waals surface area contributed by atoms with E-state index in [9.17, 15) is 18.0 Å². The zero-order valence-electron chi connectivity index (χ0n) is 13.4. The summed E-state index contributed by atoms with van der Waals surface area (Å²) in [6, 6.07) is 6.56. The molecule has 1 aromatic carbocycles. The molecule has 1 N–H and O–H groups in total. The predicted molar refractivity (Wildman–Crippen MR) is 89.9 cm³/mol. The number of nitrogens with zero attached hydrogens (tertiary/aromatic N) is 2. The highest BCUT2D eigenvalue weighted by atomic mass is 32.2. The Kier molecular flexibility index (Phi) is 6.47. The molecule has 0 saturated carbocycles. The van der Waals surface area contributed by atoms with Crippen LogP contribution in [0.5, 0.6) is 0 Å². The van der Waals surface area contributed by atoms with Gasteiger partial charge in [-0.2, -0.15) is 0 Å². The van der Waals surface area contributed by atoms with Gasteiger partial charge in [-0.05, 0) is 30.3 Å². The molecular weight excluding hydrogens is 318 g/mol. The van der Waals surface area contributed by atoms with Crippen LogP contribution in [-0.2, 0) is 14.8 Å². The molecule has 0 bridgehead atoms. The molecule has 0 fully saturated rings. The lowest BCUT2D eigenvalue weighted by Crippen LogP contribution is -2.35. The van der Waals surface area contributed by atoms with Gasteiger partial charge in [-0.3, -0.25) is 9.59 Å². The van der Waals surface area contributed by atoms with Crippen LogP contribution in [0.4, 0.5) is 5.69 Å². The van der Waals surface area contributed by atoms with Crippen molar-refractivity contribution in [1.29, 1.82) is 0 Å². The zero-order valence-corrected chi connectivity index (χ0v) is 14.3. The molecule has 1 aromatic rings. The van der Waals surface area contributed by atoms with Crippen LogP contribution in [-0.4, -0.2) is 58.6 Å². The van der Waals surface area contributed by atoms with Crippen LogP contribution < -0.4 is 9.62 Å². The third-order valence-corrected chi connectivity index (χ3v) is 3.89.